The number of carbonyl (C=O) groups is 2. The van der Waals surface area contributed by atoms with Crippen molar-refractivity contribution in [2.75, 3.05) is 18.4 Å². The number of rotatable bonds is 4. The fourth-order valence-electron chi connectivity index (χ4n) is 4.10. The molecule has 31 heavy (non-hydrogen) atoms. The Kier molecular flexibility index (Phi) is 5.78. The molecule has 7 nitrogen and oxygen atoms in total. The van der Waals surface area contributed by atoms with Gasteiger partial charge in [-0.3, -0.25) is 14.9 Å². The van der Waals surface area contributed by atoms with Crippen LogP contribution in [0.2, 0.25) is 0 Å². The van der Waals surface area contributed by atoms with E-state index < -0.39 is 10.0 Å². The molecule has 9 heteroatoms. The fraction of sp³-hybridized carbons (Fsp3) is 0.500. The number of Topliss-reactive ketones (excluding diaryl/α,β-unsaturated/α-hetero) is 1. The Hall–Kier alpha value is -2.10. The molecule has 1 aliphatic carbocycles. The summed E-state index contributed by atoms with van der Waals surface area (Å²) in [7, 11) is -3.55. The van der Waals surface area contributed by atoms with Gasteiger partial charge in [0.25, 0.3) is 5.91 Å². The van der Waals surface area contributed by atoms with Crippen molar-refractivity contribution in [1.82, 2.24) is 9.29 Å². The first-order chi connectivity index (χ1) is 14.5. The van der Waals surface area contributed by atoms with Crippen molar-refractivity contribution in [1.29, 1.82) is 0 Å². The number of hydrogen-bond donors (Lipinski definition) is 1. The van der Waals surface area contributed by atoms with Crippen LogP contribution in [0.1, 0.15) is 65.8 Å². The molecular formula is C22H27N3O4S2. The Labute approximate surface area is 186 Å². The second-order valence-corrected chi connectivity index (χ2v) is 12.2. The summed E-state index contributed by atoms with van der Waals surface area (Å²) in [6.07, 6.45) is 2.89. The van der Waals surface area contributed by atoms with Gasteiger partial charge in [0.1, 0.15) is 0 Å². The van der Waals surface area contributed by atoms with Gasteiger partial charge in [0.15, 0.2) is 10.9 Å². The molecule has 0 radical (unpaired) electrons. The largest absolute Gasteiger partial charge is 0.298 e. The van der Waals surface area contributed by atoms with Gasteiger partial charge in [0.2, 0.25) is 10.0 Å². The lowest BCUT2D eigenvalue weighted by molar-refractivity contribution is 0.0915. The number of aromatic nitrogens is 1. The van der Waals surface area contributed by atoms with Crippen molar-refractivity contribution in [3.8, 4) is 0 Å². The lowest BCUT2D eigenvalue weighted by Gasteiger charge is -2.29. The molecule has 1 amide bonds. The van der Waals surface area contributed by atoms with E-state index in [1.54, 1.807) is 0 Å². The number of carbonyl (C=O) groups excluding carboxylic acids is 2. The van der Waals surface area contributed by atoms with Gasteiger partial charge in [0.05, 0.1) is 15.5 Å². The van der Waals surface area contributed by atoms with E-state index in [4.69, 9.17) is 0 Å². The zero-order chi connectivity index (χ0) is 22.4. The quantitative estimate of drug-likeness (QED) is 0.743. The van der Waals surface area contributed by atoms with Gasteiger partial charge in [0, 0.05) is 25.1 Å². The number of thiazole rings is 1. The lowest BCUT2D eigenvalue weighted by Crippen LogP contribution is -2.37. The van der Waals surface area contributed by atoms with Crippen LogP contribution < -0.4 is 5.32 Å². The highest BCUT2D eigenvalue weighted by molar-refractivity contribution is 7.89. The third-order valence-corrected chi connectivity index (χ3v) is 8.92. The minimum absolute atomic E-state index is 0.0610. The Bertz CT molecular complexity index is 1110. The summed E-state index contributed by atoms with van der Waals surface area (Å²) in [5.41, 5.74) is 0.942. The molecule has 1 saturated heterocycles. The highest BCUT2D eigenvalue weighted by atomic mass is 32.2. The van der Waals surface area contributed by atoms with E-state index in [0.29, 0.717) is 47.4 Å². The fourth-order valence-corrected chi connectivity index (χ4v) is 6.48. The van der Waals surface area contributed by atoms with Crippen molar-refractivity contribution < 1.29 is 18.0 Å². The number of nitrogens with zero attached hydrogens (tertiary/aromatic N) is 2. The number of ketones is 1. The number of piperidine rings is 1. The van der Waals surface area contributed by atoms with E-state index in [2.05, 4.69) is 17.2 Å². The summed E-state index contributed by atoms with van der Waals surface area (Å²) in [4.78, 5) is 30.3. The zero-order valence-corrected chi connectivity index (χ0v) is 19.6. The molecule has 1 aliphatic heterocycles. The Morgan fingerprint density at radius 3 is 2.45 bits per heavy atom. The second kappa shape index (κ2) is 8.11. The van der Waals surface area contributed by atoms with Crippen molar-refractivity contribution in [3.05, 3.63) is 40.4 Å². The van der Waals surface area contributed by atoms with E-state index in [1.807, 2.05) is 13.8 Å². The van der Waals surface area contributed by atoms with Crippen LogP contribution >= 0.6 is 11.3 Å². The Morgan fingerprint density at radius 1 is 1.16 bits per heavy atom. The van der Waals surface area contributed by atoms with Crippen molar-refractivity contribution >= 4 is 38.2 Å². The van der Waals surface area contributed by atoms with Crippen LogP contribution in [0.4, 0.5) is 5.13 Å². The minimum Gasteiger partial charge on any atom is -0.298 e. The van der Waals surface area contributed by atoms with Crippen LogP contribution in [0.15, 0.2) is 29.2 Å². The van der Waals surface area contributed by atoms with Crippen LogP contribution in [0.5, 0.6) is 0 Å². The van der Waals surface area contributed by atoms with Gasteiger partial charge in [-0.15, -0.1) is 0 Å². The maximum Gasteiger partial charge on any atom is 0.257 e. The Morgan fingerprint density at radius 2 is 1.81 bits per heavy atom. The molecule has 4 rings (SSSR count). The van der Waals surface area contributed by atoms with E-state index in [9.17, 15) is 18.0 Å². The molecule has 166 valence electrons. The molecule has 1 fully saturated rings. The topological polar surface area (TPSA) is 96.4 Å². The number of fused-ring (bicyclic) bond motifs is 1. The van der Waals surface area contributed by atoms with Crippen LogP contribution in [-0.2, 0) is 16.4 Å². The van der Waals surface area contributed by atoms with Crippen LogP contribution in [0, 0.1) is 11.3 Å². The summed E-state index contributed by atoms with van der Waals surface area (Å²) >= 11 is 1.20. The number of hydrogen-bond acceptors (Lipinski definition) is 6. The maximum absolute atomic E-state index is 12.8. The smallest absolute Gasteiger partial charge is 0.257 e. The molecule has 1 N–H and O–H groups in total. The Balaban J connectivity index is 1.47. The summed E-state index contributed by atoms with van der Waals surface area (Å²) in [6.45, 7) is 7.25. The van der Waals surface area contributed by atoms with Gasteiger partial charge < -0.3 is 0 Å². The maximum atomic E-state index is 12.8. The van der Waals surface area contributed by atoms with Gasteiger partial charge in [-0.2, -0.15) is 4.31 Å². The predicted molar refractivity (Wildman–Crippen MR) is 120 cm³/mol. The van der Waals surface area contributed by atoms with E-state index in [1.165, 1.54) is 39.9 Å². The molecule has 0 bridgehead atoms. The lowest BCUT2D eigenvalue weighted by atomic mass is 9.78. The third kappa shape index (κ3) is 4.58. The summed E-state index contributed by atoms with van der Waals surface area (Å²) in [5.74, 6) is 0.217. The SMILES string of the molecule is CC1CCN(S(=O)(=O)c2ccc(C(=O)Nc3nc4c(s3)C(=O)CC(C)(C)C4)cc2)CC1. The summed E-state index contributed by atoms with van der Waals surface area (Å²) < 4.78 is 27.2. The molecule has 2 heterocycles. The minimum atomic E-state index is -3.55. The molecular weight excluding hydrogens is 434 g/mol. The first-order valence-electron chi connectivity index (χ1n) is 10.5. The van der Waals surface area contributed by atoms with E-state index in [-0.39, 0.29) is 22.0 Å². The number of benzene rings is 1. The average molecular weight is 462 g/mol. The van der Waals surface area contributed by atoms with Gasteiger partial charge in [-0.1, -0.05) is 32.1 Å². The van der Waals surface area contributed by atoms with Crippen LogP contribution in [-0.4, -0.2) is 42.5 Å². The molecule has 1 aromatic carbocycles. The monoisotopic (exact) mass is 461 g/mol. The molecule has 2 aliphatic rings. The van der Waals surface area contributed by atoms with Gasteiger partial charge in [-0.05, 0) is 54.9 Å². The van der Waals surface area contributed by atoms with Gasteiger partial charge >= 0.3 is 0 Å². The third-order valence-electron chi connectivity index (χ3n) is 5.95. The number of nitrogens with one attached hydrogen (secondary N) is 1. The van der Waals surface area contributed by atoms with Crippen LogP contribution in [0.3, 0.4) is 0 Å². The van der Waals surface area contributed by atoms with E-state index >= 15 is 0 Å². The zero-order valence-electron chi connectivity index (χ0n) is 18.0. The van der Waals surface area contributed by atoms with Gasteiger partial charge in [-0.25, -0.2) is 13.4 Å². The molecule has 0 saturated carbocycles. The van der Waals surface area contributed by atoms with Crippen molar-refractivity contribution in [2.24, 2.45) is 11.3 Å². The summed E-state index contributed by atoms with van der Waals surface area (Å²) in [6, 6.07) is 5.97. The van der Waals surface area contributed by atoms with Crippen LogP contribution in [0.25, 0.3) is 0 Å². The standard InChI is InChI=1S/C22H27N3O4S2/c1-14-8-10-25(11-9-14)31(28,29)16-6-4-15(5-7-16)20(27)24-21-23-17-12-22(2,3)13-18(26)19(17)30-21/h4-7,14H,8-13H2,1-3H3,(H,23,24,27). The second-order valence-electron chi connectivity index (χ2n) is 9.30. The highest BCUT2D eigenvalue weighted by Gasteiger charge is 2.34. The summed E-state index contributed by atoms with van der Waals surface area (Å²) in [5, 5.41) is 3.14. The molecule has 0 spiro atoms. The first-order valence-corrected chi connectivity index (χ1v) is 12.8. The van der Waals surface area contributed by atoms with Crippen molar-refractivity contribution in [2.45, 2.75) is 51.3 Å². The molecule has 2 aromatic rings. The predicted octanol–water partition coefficient (Wildman–Crippen LogP) is 3.97. The highest BCUT2D eigenvalue weighted by Crippen LogP contribution is 2.38. The first kappa shape index (κ1) is 22.1. The molecule has 1 aromatic heterocycles. The van der Waals surface area contributed by atoms with Crippen molar-refractivity contribution in [3.63, 3.8) is 0 Å². The average Bonchev–Trinajstić information content (AvgIpc) is 3.09. The molecule has 0 atom stereocenters. The number of amides is 1. The van der Waals surface area contributed by atoms with E-state index in [0.717, 1.165) is 18.5 Å². The number of anilines is 1. The normalized spacial score (nSPS) is 19.8. The number of sulfonamides is 1. The molecule has 0 unspecified atom stereocenters.